The van der Waals surface area contributed by atoms with Crippen molar-refractivity contribution in [2.24, 2.45) is 0 Å². The van der Waals surface area contributed by atoms with E-state index < -0.39 is 0 Å². The van der Waals surface area contributed by atoms with E-state index in [0.717, 1.165) is 25.6 Å². The summed E-state index contributed by atoms with van der Waals surface area (Å²) >= 11 is 8.56. The van der Waals surface area contributed by atoms with Crippen LogP contribution in [-0.4, -0.2) is 0 Å². The van der Waals surface area contributed by atoms with Crippen molar-refractivity contribution in [2.75, 3.05) is 0 Å². The zero-order chi connectivity index (χ0) is 8.01. The highest BCUT2D eigenvalue weighted by atomic mass is 35.5. The minimum Gasteiger partial charge on any atom is -0.195 e. The summed E-state index contributed by atoms with van der Waals surface area (Å²) in [4.78, 5) is 1.06. The van der Waals surface area contributed by atoms with Crippen LogP contribution in [0.4, 0.5) is 4.39 Å². The number of rotatable bonds is 0. The summed E-state index contributed by atoms with van der Waals surface area (Å²) < 4.78 is 14.5. The predicted octanol–water partition coefficient (Wildman–Crippen LogP) is 4.06. The molecule has 2 aromatic heterocycles. The molecule has 0 aliphatic rings. The number of aryl methyl sites for hydroxylation is 1. The van der Waals surface area contributed by atoms with Gasteiger partial charge in [-0.1, -0.05) is 11.6 Å². The Morgan fingerprint density at radius 2 is 2.18 bits per heavy atom. The Hall–Kier alpha value is -0.120. The van der Waals surface area contributed by atoms with Gasteiger partial charge >= 0.3 is 0 Å². The minimum absolute atomic E-state index is 0.159. The fourth-order valence-corrected chi connectivity index (χ4v) is 3.38. The molecule has 0 amide bonds. The molecule has 0 spiro atoms. The van der Waals surface area contributed by atoms with E-state index in [-0.39, 0.29) is 5.13 Å². The normalized spacial score (nSPS) is 11.2. The van der Waals surface area contributed by atoms with Crippen LogP contribution in [0.3, 0.4) is 0 Å². The lowest BCUT2D eigenvalue weighted by atomic mass is 10.5. The van der Waals surface area contributed by atoms with E-state index in [1.165, 1.54) is 17.4 Å². The molecule has 0 atom stereocenters. The molecule has 0 saturated heterocycles. The van der Waals surface area contributed by atoms with Gasteiger partial charge in [0.1, 0.15) is 0 Å². The maximum atomic E-state index is 12.6. The number of hydrogen-bond donors (Lipinski definition) is 0. The SMILES string of the molecule is Cc1sc2cc(F)sc2c1Cl. The molecule has 58 valence electrons. The van der Waals surface area contributed by atoms with Crippen LogP contribution in [0, 0.1) is 12.1 Å². The second-order valence-corrected chi connectivity index (χ2v) is 4.85. The smallest absolute Gasteiger partial charge is 0.178 e. The lowest BCUT2D eigenvalue weighted by Gasteiger charge is -1.81. The Morgan fingerprint density at radius 1 is 1.45 bits per heavy atom. The highest BCUT2D eigenvalue weighted by Crippen LogP contribution is 2.39. The minimum atomic E-state index is -0.159. The summed E-state index contributed by atoms with van der Waals surface area (Å²) in [6, 6.07) is 1.53. The van der Waals surface area contributed by atoms with E-state index in [0.29, 0.717) is 5.02 Å². The Bertz CT molecular complexity index is 402. The maximum Gasteiger partial charge on any atom is 0.178 e. The van der Waals surface area contributed by atoms with Crippen LogP contribution in [0.15, 0.2) is 6.07 Å². The summed E-state index contributed by atoms with van der Waals surface area (Å²) in [7, 11) is 0. The molecule has 2 aromatic rings. The molecule has 0 radical (unpaired) electrons. The highest BCUT2D eigenvalue weighted by Gasteiger charge is 2.10. The zero-order valence-electron chi connectivity index (χ0n) is 5.65. The van der Waals surface area contributed by atoms with Crippen LogP contribution >= 0.6 is 34.3 Å². The summed E-state index contributed by atoms with van der Waals surface area (Å²) in [5.74, 6) is 0. The molecular formula is C7H4ClFS2. The quantitative estimate of drug-likeness (QED) is 0.610. The van der Waals surface area contributed by atoms with Crippen molar-refractivity contribution in [1.82, 2.24) is 0 Å². The monoisotopic (exact) mass is 206 g/mol. The fourth-order valence-electron chi connectivity index (χ4n) is 0.944. The molecule has 4 heteroatoms. The molecule has 0 aromatic carbocycles. The van der Waals surface area contributed by atoms with Crippen LogP contribution in [0.5, 0.6) is 0 Å². The summed E-state index contributed by atoms with van der Waals surface area (Å²) in [6.45, 7) is 1.94. The average molecular weight is 207 g/mol. The van der Waals surface area contributed by atoms with Crippen molar-refractivity contribution in [2.45, 2.75) is 6.92 Å². The number of thiophene rings is 2. The molecule has 0 bridgehead atoms. The molecule has 0 aliphatic carbocycles. The van der Waals surface area contributed by atoms with Gasteiger partial charge < -0.3 is 0 Å². The van der Waals surface area contributed by atoms with E-state index in [9.17, 15) is 4.39 Å². The van der Waals surface area contributed by atoms with E-state index in [2.05, 4.69) is 0 Å². The molecule has 0 saturated carbocycles. The second kappa shape index (κ2) is 2.44. The predicted molar refractivity (Wildman–Crippen MR) is 49.4 cm³/mol. The standard InChI is InChI=1S/C7H4ClFS2/c1-3-6(8)7-4(10-3)2-5(9)11-7/h2H,1H3. The van der Waals surface area contributed by atoms with Crippen LogP contribution in [0.1, 0.15) is 4.88 Å². The Balaban J connectivity index is 2.88. The Labute approximate surface area is 76.2 Å². The van der Waals surface area contributed by atoms with Crippen molar-refractivity contribution < 1.29 is 4.39 Å². The van der Waals surface area contributed by atoms with Gasteiger partial charge in [-0.25, -0.2) is 0 Å². The third-order valence-corrected chi connectivity index (χ3v) is 4.26. The van der Waals surface area contributed by atoms with Crippen molar-refractivity contribution in [1.29, 1.82) is 0 Å². The summed E-state index contributed by atoms with van der Waals surface area (Å²) in [6.07, 6.45) is 0. The molecule has 0 nitrogen and oxygen atoms in total. The molecule has 2 heterocycles. The van der Waals surface area contributed by atoms with Crippen molar-refractivity contribution in [3.05, 3.63) is 21.1 Å². The topological polar surface area (TPSA) is 0 Å². The third kappa shape index (κ3) is 1.08. The lowest BCUT2D eigenvalue weighted by Crippen LogP contribution is -1.56. The first-order valence-corrected chi connectivity index (χ1v) is 5.03. The van der Waals surface area contributed by atoms with Gasteiger partial charge in [0.15, 0.2) is 5.13 Å². The summed E-state index contributed by atoms with van der Waals surface area (Å²) in [5, 5.41) is 0.548. The third-order valence-electron chi connectivity index (χ3n) is 1.44. The van der Waals surface area contributed by atoms with Gasteiger partial charge in [-0.2, -0.15) is 4.39 Å². The number of hydrogen-bond acceptors (Lipinski definition) is 2. The van der Waals surface area contributed by atoms with E-state index in [4.69, 9.17) is 11.6 Å². The van der Waals surface area contributed by atoms with E-state index >= 15 is 0 Å². The van der Waals surface area contributed by atoms with Gasteiger partial charge in [-0.15, -0.1) is 22.7 Å². The molecule has 2 rings (SSSR count). The molecule has 0 N–H and O–H groups in total. The largest absolute Gasteiger partial charge is 0.195 e. The molecule has 0 aliphatic heterocycles. The van der Waals surface area contributed by atoms with Crippen molar-refractivity contribution in [3.8, 4) is 0 Å². The molecule has 11 heavy (non-hydrogen) atoms. The second-order valence-electron chi connectivity index (χ2n) is 2.22. The number of halogens is 2. The maximum absolute atomic E-state index is 12.6. The zero-order valence-corrected chi connectivity index (χ0v) is 8.04. The van der Waals surface area contributed by atoms with Crippen LogP contribution in [-0.2, 0) is 0 Å². The Kier molecular flexibility index (Phi) is 1.67. The van der Waals surface area contributed by atoms with Gasteiger partial charge in [-0.3, -0.25) is 0 Å². The first-order valence-electron chi connectivity index (χ1n) is 3.02. The van der Waals surface area contributed by atoms with Crippen molar-refractivity contribution in [3.63, 3.8) is 0 Å². The van der Waals surface area contributed by atoms with Gasteiger partial charge in [0, 0.05) is 15.6 Å². The average Bonchev–Trinajstić information content (AvgIpc) is 2.37. The molecule has 0 unspecified atom stereocenters. The highest BCUT2D eigenvalue weighted by molar-refractivity contribution is 7.28. The van der Waals surface area contributed by atoms with E-state index in [1.807, 2.05) is 6.92 Å². The first-order chi connectivity index (χ1) is 5.18. The van der Waals surface area contributed by atoms with E-state index in [1.54, 1.807) is 0 Å². The Morgan fingerprint density at radius 3 is 2.82 bits per heavy atom. The molecule has 0 fully saturated rings. The van der Waals surface area contributed by atoms with Crippen molar-refractivity contribution >= 4 is 43.7 Å². The first kappa shape index (κ1) is 7.53. The van der Waals surface area contributed by atoms with Gasteiger partial charge in [-0.05, 0) is 6.92 Å². The number of fused-ring (bicyclic) bond motifs is 1. The van der Waals surface area contributed by atoms with Gasteiger partial charge in [0.25, 0.3) is 0 Å². The summed E-state index contributed by atoms with van der Waals surface area (Å²) in [5.41, 5.74) is 0. The van der Waals surface area contributed by atoms with Gasteiger partial charge in [0.05, 0.1) is 9.72 Å². The van der Waals surface area contributed by atoms with Crippen LogP contribution < -0.4 is 0 Å². The van der Waals surface area contributed by atoms with Crippen LogP contribution in [0.2, 0.25) is 5.02 Å². The van der Waals surface area contributed by atoms with Crippen LogP contribution in [0.25, 0.3) is 9.40 Å². The fraction of sp³-hybridized carbons (Fsp3) is 0.143. The molecular weight excluding hydrogens is 203 g/mol. The van der Waals surface area contributed by atoms with Gasteiger partial charge in [0.2, 0.25) is 0 Å². The lowest BCUT2D eigenvalue weighted by molar-refractivity contribution is 0.658.